The Bertz CT molecular complexity index is 1470. The summed E-state index contributed by atoms with van der Waals surface area (Å²) in [6.07, 6.45) is 2.40. The van der Waals surface area contributed by atoms with Crippen molar-refractivity contribution in [2.75, 3.05) is 53.7 Å². The largest absolute Gasteiger partial charge is 0.496 e. The van der Waals surface area contributed by atoms with Crippen LogP contribution in [0.3, 0.4) is 0 Å². The van der Waals surface area contributed by atoms with Gasteiger partial charge in [-0.1, -0.05) is 47.5 Å². The van der Waals surface area contributed by atoms with Gasteiger partial charge in [0.1, 0.15) is 17.2 Å². The molecule has 0 radical (unpaired) electrons. The van der Waals surface area contributed by atoms with Crippen molar-refractivity contribution in [1.82, 2.24) is 4.90 Å². The van der Waals surface area contributed by atoms with Gasteiger partial charge in [-0.05, 0) is 70.3 Å². The van der Waals surface area contributed by atoms with Gasteiger partial charge in [0.25, 0.3) is 0 Å². The molecular formula is C36H43Cl2NO6S. The molecule has 0 bridgehead atoms. The maximum absolute atomic E-state index is 6.68. The first kappa shape index (κ1) is 34.8. The van der Waals surface area contributed by atoms with Crippen molar-refractivity contribution in [3.63, 3.8) is 0 Å². The summed E-state index contributed by atoms with van der Waals surface area (Å²) in [5.41, 5.74) is 3.43. The average Bonchev–Trinajstić information content (AvgIpc) is 3.61. The van der Waals surface area contributed by atoms with E-state index in [1.165, 1.54) is 11.1 Å². The summed E-state index contributed by atoms with van der Waals surface area (Å²) in [6.45, 7) is 4.94. The number of likely N-dealkylation sites (tertiary alicyclic amines) is 1. The summed E-state index contributed by atoms with van der Waals surface area (Å²) >= 11 is 14.3. The third-order valence-electron chi connectivity index (χ3n) is 8.14. The number of hydrogen-bond donors (Lipinski definition) is 0. The van der Waals surface area contributed by atoms with Gasteiger partial charge in [-0.2, -0.15) is 11.3 Å². The maximum atomic E-state index is 6.68. The number of fused-ring (bicyclic) bond motifs is 1. The highest BCUT2D eigenvalue weighted by molar-refractivity contribution is 7.07. The molecule has 1 aliphatic heterocycles. The standard InChI is InChI=1S/C36H43Cl2NO6S/c1-40-15-4-18-44-34-21-27(20-32-31(34)6-3-7-33(32)41-2)24-45-35-22-39(36(37)38)14-12-30(35)28-8-10-29(11-9-28)43-17-5-16-42-23-26-13-19-46-25-26/h3,6-11,13,19-21,25,30,35-36H,4-5,12,14-18,22-24H2,1-2H3. The Labute approximate surface area is 286 Å². The molecule has 2 heterocycles. The van der Waals surface area contributed by atoms with E-state index in [-0.39, 0.29) is 12.0 Å². The minimum atomic E-state index is -0.589. The van der Waals surface area contributed by atoms with Gasteiger partial charge in [-0.15, -0.1) is 0 Å². The number of methoxy groups -OCH3 is 2. The van der Waals surface area contributed by atoms with Crippen LogP contribution in [0.2, 0.25) is 0 Å². The molecule has 1 saturated heterocycles. The van der Waals surface area contributed by atoms with Crippen molar-refractivity contribution in [3.8, 4) is 17.2 Å². The average molecular weight is 689 g/mol. The lowest BCUT2D eigenvalue weighted by molar-refractivity contribution is -0.0226. The zero-order valence-electron chi connectivity index (χ0n) is 26.5. The summed E-state index contributed by atoms with van der Waals surface area (Å²) < 4.78 is 35.5. The van der Waals surface area contributed by atoms with Gasteiger partial charge in [-0.25, -0.2) is 0 Å². The number of piperidine rings is 1. The zero-order valence-corrected chi connectivity index (χ0v) is 28.8. The quantitative estimate of drug-likeness (QED) is 0.0591. The summed E-state index contributed by atoms with van der Waals surface area (Å²) in [5.74, 6) is 2.63. The Hall–Kier alpha value is -2.56. The summed E-state index contributed by atoms with van der Waals surface area (Å²) in [7, 11) is 3.38. The molecule has 0 N–H and O–H groups in total. The molecule has 248 valence electrons. The van der Waals surface area contributed by atoms with Crippen LogP contribution < -0.4 is 14.2 Å². The number of hydrogen-bond acceptors (Lipinski definition) is 8. The van der Waals surface area contributed by atoms with Gasteiger partial charge in [0.05, 0.1) is 46.2 Å². The second kappa shape index (κ2) is 18.1. The molecule has 1 aromatic heterocycles. The smallest absolute Gasteiger partial charge is 0.160 e. The van der Waals surface area contributed by atoms with E-state index in [1.807, 2.05) is 24.3 Å². The van der Waals surface area contributed by atoms with Crippen molar-refractivity contribution in [2.45, 2.75) is 49.5 Å². The molecule has 1 fully saturated rings. The molecule has 1 aliphatic rings. The Kier molecular flexibility index (Phi) is 13.7. The highest BCUT2D eigenvalue weighted by Crippen LogP contribution is 2.36. The number of nitrogens with zero attached hydrogens (tertiary/aromatic N) is 1. The topological polar surface area (TPSA) is 58.6 Å². The molecule has 4 aromatic rings. The maximum Gasteiger partial charge on any atom is 0.160 e. The van der Waals surface area contributed by atoms with Crippen molar-refractivity contribution in [1.29, 1.82) is 0 Å². The number of thiophene rings is 1. The van der Waals surface area contributed by atoms with E-state index < -0.39 is 4.96 Å². The Morgan fingerprint density at radius 2 is 1.67 bits per heavy atom. The highest BCUT2D eigenvalue weighted by Gasteiger charge is 2.33. The molecule has 0 aliphatic carbocycles. The third kappa shape index (κ3) is 9.73. The molecule has 10 heteroatoms. The summed E-state index contributed by atoms with van der Waals surface area (Å²) in [6, 6.07) is 20.6. The van der Waals surface area contributed by atoms with Gasteiger partial charge in [0.15, 0.2) is 4.96 Å². The predicted octanol–water partition coefficient (Wildman–Crippen LogP) is 8.45. The second-order valence-corrected chi connectivity index (χ2v) is 13.1. The first-order valence-corrected chi connectivity index (χ1v) is 17.5. The van der Waals surface area contributed by atoms with E-state index in [0.717, 1.165) is 59.4 Å². The monoisotopic (exact) mass is 687 g/mol. The molecule has 7 nitrogen and oxygen atoms in total. The van der Waals surface area contributed by atoms with Gasteiger partial charge >= 0.3 is 0 Å². The SMILES string of the molecule is COCCCOc1cc(COC2CN(C(Cl)Cl)CCC2c2ccc(OCCCOCc3ccsc3)cc2)cc2c(OC)cccc12. The van der Waals surface area contributed by atoms with E-state index in [1.54, 1.807) is 25.6 Å². The zero-order chi connectivity index (χ0) is 32.1. The van der Waals surface area contributed by atoms with E-state index >= 15 is 0 Å². The number of halogens is 2. The Morgan fingerprint density at radius 1 is 0.848 bits per heavy atom. The first-order valence-electron chi connectivity index (χ1n) is 15.7. The van der Waals surface area contributed by atoms with Gasteiger partial charge in [0.2, 0.25) is 0 Å². The number of rotatable bonds is 18. The fourth-order valence-electron chi connectivity index (χ4n) is 5.75. The minimum Gasteiger partial charge on any atom is -0.496 e. The van der Waals surface area contributed by atoms with Crippen LogP contribution in [0.4, 0.5) is 0 Å². The van der Waals surface area contributed by atoms with Crippen molar-refractivity contribution < 1.29 is 28.4 Å². The van der Waals surface area contributed by atoms with Crippen molar-refractivity contribution >= 4 is 45.3 Å². The van der Waals surface area contributed by atoms with Crippen LogP contribution in [-0.2, 0) is 27.4 Å². The van der Waals surface area contributed by atoms with Crippen molar-refractivity contribution in [2.24, 2.45) is 0 Å². The molecule has 5 rings (SSSR count). The van der Waals surface area contributed by atoms with Gasteiger partial charge in [-0.3, -0.25) is 4.90 Å². The summed E-state index contributed by atoms with van der Waals surface area (Å²) in [5, 5.41) is 6.17. The first-order chi connectivity index (χ1) is 22.6. The Morgan fingerprint density at radius 3 is 2.43 bits per heavy atom. The lowest BCUT2D eigenvalue weighted by Gasteiger charge is -2.39. The van der Waals surface area contributed by atoms with Crippen LogP contribution in [0.25, 0.3) is 10.8 Å². The molecule has 0 spiro atoms. The van der Waals surface area contributed by atoms with Gasteiger partial charge < -0.3 is 28.4 Å². The molecule has 0 saturated carbocycles. The van der Waals surface area contributed by atoms with Crippen LogP contribution in [-0.4, -0.2) is 69.7 Å². The molecule has 0 amide bonds. The normalized spacial score (nSPS) is 17.1. The fraction of sp³-hybridized carbons (Fsp3) is 0.444. The lowest BCUT2D eigenvalue weighted by atomic mass is 9.87. The minimum absolute atomic E-state index is 0.111. The summed E-state index contributed by atoms with van der Waals surface area (Å²) in [4.78, 5) is 1.46. The second-order valence-electron chi connectivity index (χ2n) is 11.3. The van der Waals surface area contributed by atoms with Crippen molar-refractivity contribution in [3.05, 3.63) is 88.1 Å². The predicted molar refractivity (Wildman–Crippen MR) is 186 cm³/mol. The highest BCUT2D eigenvalue weighted by atomic mass is 35.5. The van der Waals surface area contributed by atoms with Crippen LogP contribution in [0.5, 0.6) is 17.2 Å². The Balaban J connectivity index is 1.23. The van der Waals surface area contributed by atoms with E-state index in [0.29, 0.717) is 46.2 Å². The molecular weight excluding hydrogens is 645 g/mol. The van der Waals surface area contributed by atoms with Crippen LogP contribution >= 0.6 is 34.5 Å². The van der Waals surface area contributed by atoms with E-state index in [4.69, 9.17) is 51.6 Å². The molecule has 46 heavy (non-hydrogen) atoms. The van der Waals surface area contributed by atoms with E-state index in [9.17, 15) is 0 Å². The van der Waals surface area contributed by atoms with Crippen LogP contribution in [0.1, 0.15) is 41.9 Å². The lowest BCUT2D eigenvalue weighted by Crippen LogP contribution is -2.45. The van der Waals surface area contributed by atoms with E-state index in [2.05, 4.69) is 52.1 Å². The molecule has 2 unspecified atom stereocenters. The van der Waals surface area contributed by atoms with Crippen LogP contribution in [0.15, 0.2) is 71.4 Å². The fourth-order valence-corrected chi connectivity index (χ4v) is 6.75. The molecule has 2 atom stereocenters. The number of alkyl halides is 2. The molecule has 3 aromatic carbocycles. The third-order valence-corrected chi connectivity index (χ3v) is 9.42. The van der Waals surface area contributed by atoms with Crippen LogP contribution in [0, 0.1) is 0 Å². The number of ether oxygens (including phenoxy) is 6. The van der Waals surface area contributed by atoms with Gasteiger partial charge in [0, 0.05) is 56.3 Å². The number of benzene rings is 3.